The van der Waals surface area contributed by atoms with E-state index < -0.39 is 16.9 Å². The summed E-state index contributed by atoms with van der Waals surface area (Å²) in [5, 5.41) is 0.274. The minimum atomic E-state index is -1.86. The molecular weight excluding hydrogens is 196 g/mol. The Bertz CT molecular complexity index is 171. The molecule has 0 aliphatic heterocycles. The molecule has 0 aromatic heterocycles. The van der Waals surface area contributed by atoms with Gasteiger partial charge in [0, 0.05) is 7.11 Å². The van der Waals surface area contributed by atoms with Crippen molar-refractivity contribution in [2.45, 2.75) is 52.0 Å². The predicted molar refractivity (Wildman–Crippen MR) is 62.8 cm³/mol. The first-order chi connectivity index (χ1) is 5.52. The summed E-state index contributed by atoms with van der Waals surface area (Å²) in [6.07, 6.45) is 0. The first-order valence-electron chi connectivity index (χ1n) is 4.77. The zero-order valence-electron chi connectivity index (χ0n) is 10.3. The molecule has 0 rings (SSSR count). The lowest BCUT2D eigenvalue weighted by molar-refractivity contribution is 0.302. The smallest absolute Gasteiger partial charge is 0.321 e. The Balaban J connectivity index is 4.52. The third-order valence-corrected chi connectivity index (χ3v) is 11.4. The number of rotatable bonds is 3. The molecule has 0 bridgehead atoms. The third kappa shape index (κ3) is 3.93. The molecule has 0 aliphatic rings. The van der Waals surface area contributed by atoms with Crippen molar-refractivity contribution in [3.05, 3.63) is 0 Å². The average Bonchev–Trinajstić information content (AvgIpc) is 1.83. The van der Waals surface area contributed by atoms with E-state index in [2.05, 4.69) is 47.0 Å². The molecule has 0 saturated heterocycles. The molecule has 0 fully saturated rings. The molecule has 0 spiro atoms. The van der Waals surface area contributed by atoms with Crippen molar-refractivity contribution in [2.24, 2.45) is 0 Å². The van der Waals surface area contributed by atoms with Crippen molar-refractivity contribution in [3.8, 4) is 0 Å². The Morgan fingerprint density at radius 2 is 1.31 bits per heavy atom. The molecular formula is C9H24O2Si2. The van der Waals surface area contributed by atoms with Gasteiger partial charge in [-0.05, 0) is 31.2 Å². The summed E-state index contributed by atoms with van der Waals surface area (Å²) >= 11 is 0. The van der Waals surface area contributed by atoms with Gasteiger partial charge in [0.25, 0.3) is 0 Å². The van der Waals surface area contributed by atoms with Crippen molar-refractivity contribution in [3.63, 3.8) is 0 Å². The quantitative estimate of drug-likeness (QED) is 0.679. The fraction of sp³-hybridized carbons (Fsp3) is 1.00. The van der Waals surface area contributed by atoms with E-state index in [1.807, 2.05) is 0 Å². The molecule has 0 atom stereocenters. The van der Waals surface area contributed by atoms with Crippen LogP contribution in [0.25, 0.3) is 0 Å². The van der Waals surface area contributed by atoms with Crippen LogP contribution in [-0.2, 0) is 8.54 Å². The molecule has 0 aromatic rings. The highest BCUT2D eigenvalue weighted by Crippen LogP contribution is 2.38. The molecule has 0 heterocycles. The molecule has 2 nitrogen and oxygen atoms in total. The molecule has 0 radical (unpaired) electrons. The first-order valence-corrected chi connectivity index (χ1v) is 10.5. The summed E-state index contributed by atoms with van der Waals surface area (Å²) < 4.78 is 11.6. The molecule has 0 saturated carbocycles. The van der Waals surface area contributed by atoms with E-state index in [0.717, 1.165) is 0 Å². The molecule has 13 heavy (non-hydrogen) atoms. The predicted octanol–water partition coefficient (Wildman–Crippen LogP) is 3.36. The van der Waals surface area contributed by atoms with Crippen LogP contribution in [0.4, 0.5) is 0 Å². The Morgan fingerprint density at radius 1 is 0.923 bits per heavy atom. The highest BCUT2D eigenvalue weighted by molar-refractivity contribution is 6.83. The van der Waals surface area contributed by atoms with Crippen LogP contribution in [0.15, 0.2) is 0 Å². The third-order valence-electron chi connectivity index (χ3n) is 2.80. The Morgan fingerprint density at radius 3 is 1.54 bits per heavy atom. The van der Waals surface area contributed by atoms with E-state index in [9.17, 15) is 0 Å². The van der Waals surface area contributed by atoms with E-state index in [4.69, 9.17) is 8.54 Å². The van der Waals surface area contributed by atoms with Crippen LogP contribution in [0.2, 0.25) is 31.2 Å². The normalized spacial score (nSPS) is 14.8. The fourth-order valence-corrected chi connectivity index (χ4v) is 7.28. The average molecular weight is 220 g/mol. The second kappa shape index (κ2) is 3.84. The van der Waals surface area contributed by atoms with Crippen molar-refractivity contribution in [1.82, 2.24) is 0 Å². The largest absolute Gasteiger partial charge is 0.436 e. The summed E-state index contributed by atoms with van der Waals surface area (Å²) in [4.78, 5) is 0. The van der Waals surface area contributed by atoms with Gasteiger partial charge in [-0.25, -0.2) is 0 Å². The summed E-state index contributed by atoms with van der Waals surface area (Å²) in [5.74, 6) is 0. The minimum absolute atomic E-state index is 0.274. The van der Waals surface area contributed by atoms with E-state index >= 15 is 0 Å². The van der Waals surface area contributed by atoms with E-state index in [-0.39, 0.29) is 5.04 Å². The molecule has 4 heteroatoms. The molecule has 0 aromatic carbocycles. The molecule has 0 amide bonds. The fourth-order valence-electron chi connectivity index (χ4n) is 0.809. The van der Waals surface area contributed by atoms with Crippen LogP contribution in [0.5, 0.6) is 0 Å². The van der Waals surface area contributed by atoms with Crippen molar-refractivity contribution in [2.75, 3.05) is 7.11 Å². The van der Waals surface area contributed by atoms with E-state index in [1.165, 1.54) is 0 Å². The van der Waals surface area contributed by atoms with Gasteiger partial charge in [-0.2, -0.15) is 0 Å². The second-order valence-electron chi connectivity index (χ2n) is 5.47. The Hall–Kier alpha value is 0.354. The lowest BCUT2D eigenvalue weighted by Gasteiger charge is -2.41. The van der Waals surface area contributed by atoms with Gasteiger partial charge < -0.3 is 8.54 Å². The Labute approximate surface area is 85.0 Å². The van der Waals surface area contributed by atoms with Gasteiger partial charge in [0.2, 0.25) is 0 Å². The van der Waals surface area contributed by atoms with Crippen LogP contribution in [0.1, 0.15) is 20.8 Å². The maximum absolute atomic E-state index is 6.19. The highest BCUT2D eigenvalue weighted by Gasteiger charge is 2.42. The second-order valence-corrected chi connectivity index (χ2v) is 14.0. The van der Waals surface area contributed by atoms with Gasteiger partial charge in [0.1, 0.15) is 0 Å². The van der Waals surface area contributed by atoms with E-state index in [0.29, 0.717) is 0 Å². The summed E-state index contributed by atoms with van der Waals surface area (Å²) in [6.45, 7) is 15.5. The van der Waals surface area contributed by atoms with Crippen molar-refractivity contribution >= 4 is 16.9 Å². The summed E-state index contributed by atoms with van der Waals surface area (Å²) in [5.41, 5.74) is 0. The molecule has 80 valence electrons. The SMILES string of the molecule is CO[Si](C)(C)O[Si](C)(C)C(C)(C)C. The monoisotopic (exact) mass is 220 g/mol. The van der Waals surface area contributed by atoms with Crippen LogP contribution in [0, 0.1) is 0 Å². The lowest BCUT2D eigenvalue weighted by atomic mass is 10.2. The Kier molecular flexibility index (Phi) is 3.95. The van der Waals surface area contributed by atoms with Crippen LogP contribution in [-0.4, -0.2) is 24.0 Å². The zero-order chi connectivity index (χ0) is 10.9. The zero-order valence-corrected chi connectivity index (χ0v) is 12.3. The van der Waals surface area contributed by atoms with Gasteiger partial charge >= 0.3 is 8.56 Å². The molecule has 0 unspecified atom stereocenters. The lowest BCUT2D eigenvalue weighted by Crippen LogP contribution is -2.50. The molecule has 0 N–H and O–H groups in total. The summed E-state index contributed by atoms with van der Waals surface area (Å²) in [6, 6.07) is 0. The van der Waals surface area contributed by atoms with Crippen LogP contribution in [0.3, 0.4) is 0 Å². The number of hydrogen-bond acceptors (Lipinski definition) is 2. The van der Waals surface area contributed by atoms with Gasteiger partial charge in [0.15, 0.2) is 8.32 Å². The van der Waals surface area contributed by atoms with Gasteiger partial charge in [0.05, 0.1) is 0 Å². The maximum atomic E-state index is 6.19. The minimum Gasteiger partial charge on any atom is -0.436 e. The molecule has 0 aliphatic carbocycles. The van der Waals surface area contributed by atoms with Crippen molar-refractivity contribution < 1.29 is 8.54 Å². The maximum Gasteiger partial charge on any atom is 0.321 e. The topological polar surface area (TPSA) is 18.5 Å². The summed E-state index contributed by atoms with van der Waals surface area (Å²) in [7, 11) is -1.74. The highest BCUT2D eigenvalue weighted by atomic mass is 28.4. The van der Waals surface area contributed by atoms with Crippen LogP contribution < -0.4 is 0 Å². The van der Waals surface area contributed by atoms with Gasteiger partial charge in [-0.1, -0.05) is 20.8 Å². The van der Waals surface area contributed by atoms with Crippen LogP contribution >= 0.6 is 0 Å². The van der Waals surface area contributed by atoms with E-state index in [1.54, 1.807) is 7.11 Å². The van der Waals surface area contributed by atoms with Gasteiger partial charge in [-0.15, -0.1) is 0 Å². The standard InChI is InChI=1S/C9H24O2Si2/c1-9(2,3)12(5,6)11-13(7,8)10-4/h1-8H3. The van der Waals surface area contributed by atoms with Gasteiger partial charge in [-0.3, -0.25) is 0 Å². The number of hydrogen-bond donors (Lipinski definition) is 0. The first kappa shape index (κ1) is 13.4. The van der Waals surface area contributed by atoms with Crippen molar-refractivity contribution in [1.29, 1.82) is 0 Å².